The monoisotopic (exact) mass is 230 g/mol. The zero-order chi connectivity index (χ0) is 11.9. The van der Waals surface area contributed by atoms with Crippen molar-refractivity contribution in [3.8, 4) is 0 Å². The Morgan fingerprint density at radius 2 is 1.94 bits per heavy atom. The number of piperazine rings is 1. The molecule has 2 rings (SSSR count). The molecule has 0 aliphatic carbocycles. The van der Waals surface area contributed by atoms with E-state index in [-0.39, 0.29) is 31.3 Å². The third-order valence-electron chi connectivity index (χ3n) is 3.32. The van der Waals surface area contributed by atoms with Gasteiger partial charge in [0.25, 0.3) is 0 Å². The molecule has 90 valence electrons. The summed E-state index contributed by atoms with van der Waals surface area (Å²) in [4.78, 5) is 24.5. The largest absolute Gasteiger partial charge is 0.465 e. The van der Waals surface area contributed by atoms with Crippen LogP contribution in [0, 0.1) is 0 Å². The van der Waals surface area contributed by atoms with Crippen LogP contribution in [-0.2, 0) is 4.74 Å². The lowest BCUT2D eigenvalue weighted by atomic mass is 10.1. The molecule has 0 aromatic carbocycles. The van der Waals surface area contributed by atoms with Crippen molar-refractivity contribution in [2.24, 2.45) is 0 Å². The third-order valence-corrected chi connectivity index (χ3v) is 3.32. The summed E-state index contributed by atoms with van der Waals surface area (Å²) in [7, 11) is 1.52. The summed E-state index contributed by atoms with van der Waals surface area (Å²) in [6.07, 6.45) is -1.64. The van der Waals surface area contributed by atoms with Crippen LogP contribution >= 0.6 is 0 Å². The molecule has 0 saturated carbocycles. The molecule has 2 aliphatic rings. The van der Waals surface area contributed by atoms with Crippen LogP contribution in [0.5, 0.6) is 0 Å². The molecular weight excluding hydrogens is 216 g/mol. The molecule has 7 heteroatoms. The number of likely N-dealkylation sites (tertiary alicyclic amines) is 1. The van der Waals surface area contributed by atoms with Crippen LogP contribution in [0.1, 0.15) is 6.42 Å². The highest BCUT2D eigenvalue weighted by Crippen LogP contribution is 2.32. The number of nitrogens with zero attached hydrogens (tertiary/aromatic N) is 2. The van der Waals surface area contributed by atoms with Gasteiger partial charge < -0.3 is 19.8 Å². The van der Waals surface area contributed by atoms with Gasteiger partial charge in [-0.05, 0) is 6.42 Å². The maximum atomic E-state index is 11.1. The minimum atomic E-state index is -1.00. The van der Waals surface area contributed by atoms with Gasteiger partial charge >= 0.3 is 12.2 Å². The fourth-order valence-corrected chi connectivity index (χ4v) is 2.62. The van der Waals surface area contributed by atoms with E-state index in [0.717, 1.165) is 0 Å². The Labute approximate surface area is 92.2 Å². The van der Waals surface area contributed by atoms with Crippen LogP contribution in [0.4, 0.5) is 9.59 Å². The van der Waals surface area contributed by atoms with Gasteiger partial charge in [0.05, 0.1) is 18.2 Å². The number of hydrogen-bond donors (Lipinski definition) is 2. The Morgan fingerprint density at radius 1 is 1.25 bits per heavy atom. The van der Waals surface area contributed by atoms with E-state index in [0.29, 0.717) is 6.42 Å². The second kappa shape index (κ2) is 3.82. The molecule has 2 N–H and O–H groups in total. The Hall–Kier alpha value is -1.50. The summed E-state index contributed by atoms with van der Waals surface area (Å²) in [5.74, 6) is 0. The van der Waals surface area contributed by atoms with Gasteiger partial charge in [0.1, 0.15) is 0 Å². The van der Waals surface area contributed by atoms with Crippen molar-refractivity contribution in [3.63, 3.8) is 0 Å². The molecule has 2 fully saturated rings. The van der Waals surface area contributed by atoms with Crippen LogP contribution in [0.2, 0.25) is 0 Å². The lowest BCUT2D eigenvalue weighted by molar-refractivity contribution is 0.0260. The number of fused-ring (bicyclic) bond motifs is 2. The molecule has 7 nitrogen and oxygen atoms in total. The zero-order valence-electron chi connectivity index (χ0n) is 8.87. The lowest BCUT2D eigenvalue weighted by Crippen LogP contribution is -2.58. The third kappa shape index (κ3) is 1.57. The van der Waals surface area contributed by atoms with Crippen molar-refractivity contribution in [2.45, 2.75) is 24.6 Å². The number of methoxy groups -OCH3 is 1. The normalized spacial score (nSPS) is 32.9. The number of carbonyl (C=O) groups is 2. The molecule has 0 aromatic rings. The van der Waals surface area contributed by atoms with Crippen LogP contribution in [0.25, 0.3) is 0 Å². The standard InChI is InChI=1S/C9H14N2O5/c1-16-7-2-5-3-10(8(12)13)4-6(7)11(5)9(14)15/h5-7H,2-4H2,1H3,(H,12,13)(H,14,15)/t5-,6-,7+/m1/s1. The quantitative estimate of drug-likeness (QED) is 0.667. The molecule has 2 bridgehead atoms. The van der Waals surface area contributed by atoms with E-state index >= 15 is 0 Å². The van der Waals surface area contributed by atoms with Gasteiger partial charge in [-0.2, -0.15) is 0 Å². The summed E-state index contributed by atoms with van der Waals surface area (Å²) in [6, 6.07) is -0.658. The highest BCUT2D eigenvalue weighted by molar-refractivity contribution is 5.69. The van der Waals surface area contributed by atoms with Crippen LogP contribution in [-0.4, -0.2) is 70.6 Å². The first-order chi connectivity index (χ1) is 7.54. The SMILES string of the molecule is CO[C@H]1C[C@@H]2CN(C(=O)O)C[C@H]1N2C(=O)O. The van der Waals surface area contributed by atoms with Crippen molar-refractivity contribution in [3.05, 3.63) is 0 Å². The Morgan fingerprint density at radius 3 is 2.44 bits per heavy atom. The fourth-order valence-electron chi connectivity index (χ4n) is 2.62. The summed E-state index contributed by atoms with van der Waals surface area (Å²) in [6.45, 7) is 0.425. The predicted octanol–water partition coefficient (Wildman–Crippen LogP) is 0.116. The predicted molar refractivity (Wildman–Crippen MR) is 52.5 cm³/mol. The zero-order valence-corrected chi connectivity index (χ0v) is 8.87. The molecule has 3 atom stereocenters. The van der Waals surface area contributed by atoms with E-state index in [1.165, 1.54) is 16.9 Å². The molecule has 0 unspecified atom stereocenters. The van der Waals surface area contributed by atoms with Gasteiger partial charge in [0, 0.05) is 20.2 Å². The molecular formula is C9H14N2O5. The van der Waals surface area contributed by atoms with Crippen molar-refractivity contribution in [2.75, 3.05) is 20.2 Å². The fraction of sp³-hybridized carbons (Fsp3) is 0.778. The highest BCUT2D eigenvalue weighted by Gasteiger charge is 2.49. The molecule has 16 heavy (non-hydrogen) atoms. The van der Waals surface area contributed by atoms with Crippen molar-refractivity contribution >= 4 is 12.2 Å². The minimum Gasteiger partial charge on any atom is -0.465 e. The molecule has 2 saturated heterocycles. The first-order valence-electron chi connectivity index (χ1n) is 5.06. The summed E-state index contributed by atoms with van der Waals surface area (Å²) in [5.41, 5.74) is 0. The van der Waals surface area contributed by atoms with Gasteiger partial charge in [0.2, 0.25) is 0 Å². The molecule has 2 heterocycles. The van der Waals surface area contributed by atoms with Crippen molar-refractivity contribution in [1.82, 2.24) is 9.80 Å². The van der Waals surface area contributed by atoms with Gasteiger partial charge in [0.15, 0.2) is 0 Å². The van der Waals surface area contributed by atoms with E-state index in [2.05, 4.69) is 0 Å². The molecule has 0 aromatic heterocycles. The van der Waals surface area contributed by atoms with Gasteiger partial charge in [-0.1, -0.05) is 0 Å². The van der Waals surface area contributed by atoms with Crippen LogP contribution < -0.4 is 0 Å². The average Bonchev–Trinajstić information content (AvgIpc) is 2.45. The van der Waals surface area contributed by atoms with Crippen molar-refractivity contribution < 1.29 is 24.5 Å². The summed E-state index contributed by atoms with van der Waals surface area (Å²) >= 11 is 0. The maximum absolute atomic E-state index is 11.1. The molecule has 2 aliphatic heterocycles. The Bertz CT molecular complexity index is 321. The smallest absolute Gasteiger partial charge is 0.408 e. The molecule has 0 radical (unpaired) electrons. The van der Waals surface area contributed by atoms with E-state index in [9.17, 15) is 9.59 Å². The number of rotatable bonds is 1. The van der Waals surface area contributed by atoms with Gasteiger partial charge in [-0.15, -0.1) is 0 Å². The summed E-state index contributed by atoms with van der Waals surface area (Å²) < 4.78 is 5.21. The second-order valence-corrected chi connectivity index (χ2v) is 4.11. The lowest BCUT2D eigenvalue weighted by Gasteiger charge is -2.38. The average molecular weight is 230 g/mol. The minimum absolute atomic E-state index is 0.191. The Balaban J connectivity index is 2.19. The van der Waals surface area contributed by atoms with Gasteiger partial charge in [-0.3, -0.25) is 4.90 Å². The van der Waals surface area contributed by atoms with Crippen LogP contribution in [0.3, 0.4) is 0 Å². The highest BCUT2D eigenvalue weighted by atomic mass is 16.5. The van der Waals surface area contributed by atoms with E-state index in [1.54, 1.807) is 0 Å². The molecule has 2 amide bonds. The number of hydrogen-bond acceptors (Lipinski definition) is 3. The van der Waals surface area contributed by atoms with E-state index in [1.807, 2.05) is 0 Å². The number of carboxylic acid groups (broad SMARTS) is 2. The number of ether oxygens (including phenoxy) is 1. The topological polar surface area (TPSA) is 90.3 Å². The first-order valence-corrected chi connectivity index (χ1v) is 5.06. The second-order valence-electron chi connectivity index (χ2n) is 4.11. The number of amides is 2. The van der Waals surface area contributed by atoms with Crippen LogP contribution in [0.15, 0.2) is 0 Å². The first kappa shape index (κ1) is 11.0. The van der Waals surface area contributed by atoms with Crippen molar-refractivity contribution in [1.29, 1.82) is 0 Å². The van der Waals surface area contributed by atoms with E-state index < -0.39 is 12.2 Å². The Kier molecular flexibility index (Phi) is 2.63. The molecule has 0 spiro atoms. The van der Waals surface area contributed by atoms with Gasteiger partial charge in [-0.25, -0.2) is 9.59 Å². The summed E-state index contributed by atoms with van der Waals surface area (Å²) in [5, 5.41) is 18.0. The van der Waals surface area contributed by atoms with E-state index in [4.69, 9.17) is 14.9 Å². The maximum Gasteiger partial charge on any atom is 0.408 e.